The van der Waals surface area contributed by atoms with E-state index in [1.165, 1.54) is 30.5 Å². The first-order valence-electron chi connectivity index (χ1n) is 10.6. The van der Waals surface area contributed by atoms with E-state index < -0.39 is 0 Å². The quantitative estimate of drug-likeness (QED) is 0.459. The molecule has 0 aliphatic rings. The van der Waals surface area contributed by atoms with Gasteiger partial charge in [-0.1, -0.05) is 81.4 Å². The smallest absolute Gasteiger partial charge is 0.0387 e. The highest BCUT2D eigenvalue weighted by molar-refractivity contribution is 5.16. The molecule has 0 amide bonds. The third-order valence-electron chi connectivity index (χ3n) is 5.08. The lowest BCUT2D eigenvalue weighted by Gasteiger charge is -2.36. The second-order valence-corrected chi connectivity index (χ2v) is 7.13. The summed E-state index contributed by atoms with van der Waals surface area (Å²) in [6.07, 6.45) is 2.38. The van der Waals surface area contributed by atoms with Crippen molar-refractivity contribution < 1.29 is 0 Å². The van der Waals surface area contributed by atoms with Crippen LogP contribution in [0, 0.1) is 0 Å². The number of benzene rings is 2. The zero-order valence-corrected chi connectivity index (χ0v) is 17.5. The first kappa shape index (κ1) is 21.6. The number of rotatable bonds is 13. The zero-order chi connectivity index (χ0) is 19.3. The fourth-order valence-corrected chi connectivity index (χ4v) is 3.51. The van der Waals surface area contributed by atoms with E-state index in [2.05, 4.69) is 96.4 Å². The average Bonchev–Trinajstić information content (AvgIpc) is 2.71. The molecular formula is C24H37N3. The van der Waals surface area contributed by atoms with Gasteiger partial charge < -0.3 is 4.90 Å². The monoisotopic (exact) mass is 367 g/mol. The minimum absolute atomic E-state index is 0.959. The Balaban J connectivity index is 2.08. The molecule has 0 fully saturated rings. The average molecular weight is 368 g/mol. The molecule has 148 valence electrons. The highest BCUT2D eigenvalue weighted by atomic mass is 15.6. The molecule has 2 rings (SSSR count). The fourth-order valence-electron chi connectivity index (χ4n) is 3.51. The van der Waals surface area contributed by atoms with Gasteiger partial charge in [-0.25, -0.2) is 10.0 Å². The molecule has 0 bridgehead atoms. The van der Waals surface area contributed by atoms with Crippen LogP contribution in [0.25, 0.3) is 0 Å². The van der Waals surface area contributed by atoms with Crippen LogP contribution in [0.4, 0.5) is 0 Å². The van der Waals surface area contributed by atoms with E-state index in [0.29, 0.717) is 0 Å². The molecule has 0 saturated carbocycles. The minimum atomic E-state index is 0.959. The van der Waals surface area contributed by atoms with Gasteiger partial charge in [-0.3, -0.25) is 0 Å². The summed E-state index contributed by atoms with van der Waals surface area (Å²) in [5.74, 6) is 0. The van der Waals surface area contributed by atoms with E-state index in [1.807, 2.05) is 0 Å². The predicted molar refractivity (Wildman–Crippen MR) is 116 cm³/mol. The van der Waals surface area contributed by atoms with Crippen LogP contribution in [0.2, 0.25) is 0 Å². The third-order valence-corrected chi connectivity index (χ3v) is 5.08. The van der Waals surface area contributed by atoms with Crippen molar-refractivity contribution in [2.75, 3.05) is 32.7 Å². The van der Waals surface area contributed by atoms with Gasteiger partial charge in [0.05, 0.1) is 0 Å². The molecule has 0 radical (unpaired) electrons. The Labute approximate surface area is 166 Å². The van der Waals surface area contributed by atoms with Crippen molar-refractivity contribution in [1.82, 2.24) is 14.9 Å². The molecular weight excluding hydrogens is 330 g/mol. The second-order valence-electron chi connectivity index (χ2n) is 7.13. The van der Waals surface area contributed by atoms with Crippen molar-refractivity contribution in [3.05, 3.63) is 71.8 Å². The van der Waals surface area contributed by atoms with Gasteiger partial charge in [-0.2, -0.15) is 0 Å². The summed E-state index contributed by atoms with van der Waals surface area (Å²) in [5.41, 5.74) is 2.75. The Morgan fingerprint density at radius 1 is 0.593 bits per heavy atom. The molecule has 27 heavy (non-hydrogen) atoms. The van der Waals surface area contributed by atoms with E-state index in [-0.39, 0.29) is 0 Å². The first-order valence-corrected chi connectivity index (χ1v) is 10.6. The second kappa shape index (κ2) is 12.7. The molecule has 2 aromatic rings. The van der Waals surface area contributed by atoms with Crippen LogP contribution >= 0.6 is 0 Å². The van der Waals surface area contributed by atoms with E-state index in [4.69, 9.17) is 0 Å². The molecule has 0 N–H and O–H groups in total. The summed E-state index contributed by atoms with van der Waals surface area (Å²) in [6.45, 7) is 14.4. The van der Waals surface area contributed by atoms with Gasteiger partial charge in [0.1, 0.15) is 0 Å². The predicted octanol–water partition coefficient (Wildman–Crippen LogP) is 5.05. The molecule has 3 nitrogen and oxygen atoms in total. The van der Waals surface area contributed by atoms with Gasteiger partial charge in [0.2, 0.25) is 0 Å². The maximum Gasteiger partial charge on any atom is 0.0387 e. The van der Waals surface area contributed by atoms with Gasteiger partial charge in [0.25, 0.3) is 0 Å². The SMILES string of the molecule is CCCN(CCCN(CC)CC)N(Cc1ccccc1)Cc1ccccc1. The fraction of sp³-hybridized carbons (Fsp3) is 0.500. The lowest BCUT2D eigenvalue weighted by Crippen LogP contribution is -2.43. The highest BCUT2D eigenvalue weighted by Gasteiger charge is 2.16. The number of hydrogen-bond donors (Lipinski definition) is 0. The number of hydrazine groups is 1. The standard InChI is InChI=1S/C24H37N3/c1-4-18-26(20-13-19-25(5-2)6-3)27(21-23-14-9-7-10-15-23)22-24-16-11-8-12-17-24/h7-12,14-17H,4-6,13,18-22H2,1-3H3. The van der Waals surface area contributed by atoms with E-state index in [1.54, 1.807) is 0 Å². The topological polar surface area (TPSA) is 9.72 Å². The van der Waals surface area contributed by atoms with E-state index >= 15 is 0 Å². The normalized spacial score (nSPS) is 11.6. The summed E-state index contributed by atoms with van der Waals surface area (Å²) in [5, 5.41) is 5.11. The van der Waals surface area contributed by atoms with Crippen LogP contribution in [0.3, 0.4) is 0 Å². The Kier molecular flexibility index (Phi) is 10.1. The molecule has 0 saturated heterocycles. The zero-order valence-electron chi connectivity index (χ0n) is 17.5. The molecule has 2 aromatic carbocycles. The largest absolute Gasteiger partial charge is 0.304 e. The van der Waals surface area contributed by atoms with Crippen LogP contribution in [-0.2, 0) is 13.1 Å². The molecule has 0 atom stereocenters. The third kappa shape index (κ3) is 7.84. The first-order chi connectivity index (χ1) is 13.3. The lowest BCUT2D eigenvalue weighted by molar-refractivity contribution is -0.0435. The Hall–Kier alpha value is -1.68. The number of nitrogens with zero attached hydrogens (tertiary/aromatic N) is 3. The van der Waals surface area contributed by atoms with Crippen molar-refractivity contribution in [3.63, 3.8) is 0 Å². The van der Waals surface area contributed by atoms with Crippen LogP contribution in [-0.4, -0.2) is 47.6 Å². The Morgan fingerprint density at radius 3 is 1.56 bits per heavy atom. The van der Waals surface area contributed by atoms with E-state index in [9.17, 15) is 0 Å². The molecule has 3 heteroatoms. The van der Waals surface area contributed by atoms with Crippen LogP contribution in [0.5, 0.6) is 0 Å². The summed E-state index contributed by atoms with van der Waals surface area (Å²) >= 11 is 0. The molecule has 0 aliphatic heterocycles. The molecule has 0 unspecified atom stereocenters. The van der Waals surface area contributed by atoms with Gasteiger partial charge >= 0.3 is 0 Å². The van der Waals surface area contributed by atoms with Crippen molar-refractivity contribution in [2.45, 2.75) is 46.7 Å². The van der Waals surface area contributed by atoms with Crippen LogP contribution in [0.1, 0.15) is 44.7 Å². The Morgan fingerprint density at radius 2 is 1.11 bits per heavy atom. The highest BCUT2D eigenvalue weighted by Crippen LogP contribution is 2.14. The van der Waals surface area contributed by atoms with E-state index in [0.717, 1.165) is 39.3 Å². The summed E-state index contributed by atoms with van der Waals surface area (Å²) < 4.78 is 0. The molecule has 0 heterocycles. The maximum absolute atomic E-state index is 2.57. The minimum Gasteiger partial charge on any atom is -0.304 e. The molecule has 0 spiro atoms. The van der Waals surface area contributed by atoms with Crippen LogP contribution < -0.4 is 0 Å². The Bertz CT molecular complexity index is 554. The summed E-state index contributed by atoms with van der Waals surface area (Å²) in [7, 11) is 0. The van der Waals surface area contributed by atoms with Crippen LogP contribution in [0.15, 0.2) is 60.7 Å². The van der Waals surface area contributed by atoms with Crippen molar-refractivity contribution >= 4 is 0 Å². The molecule has 0 aromatic heterocycles. The maximum atomic E-state index is 2.57. The van der Waals surface area contributed by atoms with Crippen molar-refractivity contribution in [2.24, 2.45) is 0 Å². The number of hydrogen-bond acceptors (Lipinski definition) is 3. The lowest BCUT2D eigenvalue weighted by atomic mass is 10.2. The van der Waals surface area contributed by atoms with Gasteiger partial charge in [-0.15, -0.1) is 0 Å². The van der Waals surface area contributed by atoms with Gasteiger partial charge in [0, 0.05) is 26.2 Å². The summed E-state index contributed by atoms with van der Waals surface area (Å²) in [4.78, 5) is 2.52. The molecule has 0 aliphatic carbocycles. The summed E-state index contributed by atoms with van der Waals surface area (Å²) in [6, 6.07) is 21.7. The van der Waals surface area contributed by atoms with Gasteiger partial charge in [-0.05, 0) is 43.6 Å². The van der Waals surface area contributed by atoms with Crippen molar-refractivity contribution in [3.8, 4) is 0 Å². The van der Waals surface area contributed by atoms with Gasteiger partial charge in [0.15, 0.2) is 0 Å². The van der Waals surface area contributed by atoms with Crippen molar-refractivity contribution in [1.29, 1.82) is 0 Å².